The molecule has 0 amide bonds. The van der Waals surface area contributed by atoms with Gasteiger partial charge in [0.2, 0.25) is 0 Å². The van der Waals surface area contributed by atoms with Gasteiger partial charge in [-0.3, -0.25) is 0 Å². The molecule has 0 unspecified atom stereocenters. The number of nitrogens with zero attached hydrogens (tertiary/aromatic N) is 1. The average Bonchev–Trinajstić information content (AvgIpc) is 2.98. The van der Waals surface area contributed by atoms with E-state index in [0.29, 0.717) is 5.25 Å². The summed E-state index contributed by atoms with van der Waals surface area (Å²) in [6.07, 6.45) is 0.0810. The molecule has 0 N–H and O–H groups in total. The van der Waals surface area contributed by atoms with Crippen molar-refractivity contribution in [1.82, 2.24) is 0 Å². The molecule has 0 fully saturated rings. The molecular formula is C16H13NOS. The van der Waals surface area contributed by atoms with Gasteiger partial charge in [0.1, 0.15) is 5.71 Å². The molecule has 4 rings (SSSR count). The first-order chi connectivity index (χ1) is 9.33. The van der Waals surface area contributed by atoms with Gasteiger partial charge in [0.25, 0.3) is 0 Å². The van der Waals surface area contributed by atoms with Crippen molar-refractivity contribution in [2.75, 3.05) is 0 Å². The molecule has 2 aliphatic rings. The van der Waals surface area contributed by atoms with Crippen molar-refractivity contribution in [1.29, 1.82) is 0 Å². The van der Waals surface area contributed by atoms with Gasteiger partial charge < -0.3 is 4.84 Å². The van der Waals surface area contributed by atoms with Crippen LogP contribution in [0.15, 0.2) is 58.6 Å². The molecule has 0 radical (unpaired) electrons. The van der Waals surface area contributed by atoms with Crippen LogP contribution in [0.3, 0.4) is 0 Å². The molecule has 0 aromatic heterocycles. The highest BCUT2D eigenvalue weighted by Crippen LogP contribution is 2.50. The zero-order valence-electron chi connectivity index (χ0n) is 10.5. The van der Waals surface area contributed by atoms with Crippen LogP contribution in [0.25, 0.3) is 0 Å². The molecule has 2 atom stereocenters. The van der Waals surface area contributed by atoms with E-state index < -0.39 is 0 Å². The highest BCUT2D eigenvalue weighted by Gasteiger charge is 2.43. The third kappa shape index (κ3) is 1.69. The van der Waals surface area contributed by atoms with Gasteiger partial charge in [-0.2, -0.15) is 0 Å². The number of aryl methyl sites for hydroxylation is 1. The smallest absolute Gasteiger partial charge is 0.171 e. The molecule has 0 saturated heterocycles. The first-order valence-electron chi connectivity index (χ1n) is 6.39. The topological polar surface area (TPSA) is 21.6 Å². The van der Waals surface area contributed by atoms with E-state index >= 15 is 0 Å². The van der Waals surface area contributed by atoms with Crippen LogP contribution in [0.4, 0.5) is 0 Å². The summed E-state index contributed by atoms with van der Waals surface area (Å²) < 4.78 is 0. The van der Waals surface area contributed by atoms with Gasteiger partial charge in [0.15, 0.2) is 6.10 Å². The fraction of sp³-hybridized carbons (Fsp3) is 0.188. The fourth-order valence-corrected chi connectivity index (χ4v) is 3.96. The van der Waals surface area contributed by atoms with Crippen molar-refractivity contribution in [2.45, 2.75) is 23.2 Å². The summed E-state index contributed by atoms with van der Waals surface area (Å²) in [5.41, 5.74) is 4.76. The third-order valence-corrected chi connectivity index (χ3v) is 4.99. The summed E-state index contributed by atoms with van der Waals surface area (Å²) in [7, 11) is 0. The number of rotatable bonds is 1. The fourth-order valence-electron chi connectivity index (χ4n) is 2.60. The molecule has 3 heteroatoms. The van der Waals surface area contributed by atoms with E-state index in [2.05, 4.69) is 60.6 Å². The first kappa shape index (κ1) is 11.1. The van der Waals surface area contributed by atoms with Crippen molar-refractivity contribution < 1.29 is 4.84 Å². The van der Waals surface area contributed by atoms with Gasteiger partial charge in [-0.25, -0.2) is 0 Å². The lowest BCUT2D eigenvalue weighted by Crippen LogP contribution is -2.16. The van der Waals surface area contributed by atoms with Crippen LogP contribution in [0.1, 0.15) is 22.8 Å². The molecule has 94 valence electrons. The SMILES string of the molecule is Cc1ccc(C2=NO[C@H]3c4ccccc4S[C@@H]23)cc1. The molecule has 2 aliphatic heterocycles. The van der Waals surface area contributed by atoms with E-state index in [-0.39, 0.29) is 6.10 Å². The van der Waals surface area contributed by atoms with E-state index in [1.807, 2.05) is 11.8 Å². The minimum Gasteiger partial charge on any atom is -0.386 e. The molecule has 19 heavy (non-hydrogen) atoms. The van der Waals surface area contributed by atoms with Crippen molar-refractivity contribution in [2.24, 2.45) is 5.16 Å². The molecule has 0 aliphatic carbocycles. The number of benzene rings is 2. The van der Waals surface area contributed by atoms with Crippen molar-refractivity contribution in [3.8, 4) is 0 Å². The maximum Gasteiger partial charge on any atom is 0.171 e. The summed E-state index contributed by atoms with van der Waals surface area (Å²) in [6.45, 7) is 2.10. The Kier molecular flexibility index (Phi) is 2.42. The van der Waals surface area contributed by atoms with Crippen LogP contribution in [0.5, 0.6) is 0 Å². The summed E-state index contributed by atoms with van der Waals surface area (Å²) in [6, 6.07) is 16.9. The summed E-state index contributed by atoms with van der Waals surface area (Å²) in [4.78, 5) is 6.98. The molecule has 2 heterocycles. The minimum atomic E-state index is 0.0810. The van der Waals surface area contributed by atoms with Crippen LogP contribution in [-0.4, -0.2) is 11.0 Å². The van der Waals surface area contributed by atoms with Gasteiger partial charge >= 0.3 is 0 Å². The summed E-state index contributed by atoms with van der Waals surface area (Å²) >= 11 is 1.86. The maximum atomic E-state index is 5.67. The van der Waals surface area contributed by atoms with Crippen LogP contribution >= 0.6 is 11.8 Å². The summed E-state index contributed by atoms with van der Waals surface area (Å²) in [5.74, 6) is 0. The van der Waals surface area contributed by atoms with E-state index in [9.17, 15) is 0 Å². The first-order valence-corrected chi connectivity index (χ1v) is 7.27. The third-order valence-electron chi connectivity index (χ3n) is 3.64. The Labute approximate surface area is 116 Å². The highest BCUT2D eigenvalue weighted by molar-refractivity contribution is 8.01. The maximum absolute atomic E-state index is 5.67. The van der Waals surface area contributed by atoms with E-state index in [1.165, 1.54) is 21.6 Å². The zero-order valence-corrected chi connectivity index (χ0v) is 11.4. The standard InChI is InChI=1S/C16H13NOS/c1-10-6-8-11(9-7-10)14-16-15(18-17-14)12-4-2-3-5-13(12)19-16/h2-9,15-16H,1H3/t15-,16-/m0/s1. The monoisotopic (exact) mass is 267 g/mol. The van der Waals surface area contributed by atoms with Crippen LogP contribution in [-0.2, 0) is 4.84 Å². The number of hydrogen-bond acceptors (Lipinski definition) is 3. The van der Waals surface area contributed by atoms with Crippen LogP contribution in [0, 0.1) is 6.92 Å². The normalized spacial score (nSPS) is 23.5. The molecule has 2 nitrogen and oxygen atoms in total. The van der Waals surface area contributed by atoms with E-state index in [0.717, 1.165) is 5.71 Å². The molecule has 2 aromatic carbocycles. The van der Waals surface area contributed by atoms with Gasteiger partial charge in [0.05, 0.1) is 5.25 Å². The average molecular weight is 267 g/mol. The van der Waals surface area contributed by atoms with Crippen molar-refractivity contribution in [3.63, 3.8) is 0 Å². The van der Waals surface area contributed by atoms with Gasteiger partial charge in [0, 0.05) is 16.0 Å². The van der Waals surface area contributed by atoms with Crippen molar-refractivity contribution in [3.05, 3.63) is 65.2 Å². The van der Waals surface area contributed by atoms with Crippen LogP contribution < -0.4 is 0 Å². The second-order valence-electron chi connectivity index (χ2n) is 4.94. The van der Waals surface area contributed by atoms with Crippen LogP contribution in [0.2, 0.25) is 0 Å². The number of hydrogen-bond donors (Lipinski definition) is 0. The molecule has 0 saturated carbocycles. The number of oxime groups is 1. The number of thioether (sulfide) groups is 1. The Balaban J connectivity index is 1.70. The predicted molar refractivity (Wildman–Crippen MR) is 77.6 cm³/mol. The molecular weight excluding hydrogens is 254 g/mol. The highest BCUT2D eigenvalue weighted by atomic mass is 32.2. The molecule has 0 spiro atoms. The zero-order chi connectivity index (χ0) is 12.8. The Hall–Kier alpha value is -1.74. The van der Waals surface area contributed by atoms with Gasteiger partial charge in [-0.1, -0.05) is 53.2 Å². The second-order valence-corrected chi connectivity index (χ2v) is 6.13. The lowest BCUT2D eigenvalue weighted by atomic mass is 10.00. The lowest BCUT2D eigenvalue weighted by molar-refractivity contribution is 0.0891. The minimum absolute atomic E-state index is 0.0810. The van der Waals surface area contributed by atoms with Crippen molar-refractivity contribution >= 4 is 17.5 Å². The van der Waals surface area contributed by atoms with E-state index in [4.69, 9.17) is 4.84 Å². The Morgan fingerprint density at radius 2 is 1.84 bits per heavy atom. The molecule has 2 aromatic rings. The van der Waals surface area contributed by atoms with E-state index in [1.54, 1.807) is 0 Å². The van der Waals surface area contributed by atoms with Gasteiger partial charge in [-0.15, -0.1) is 11.8 Å². The molecule has 0 bridgehead atoms. The predicted octanol–water partition coefficient (Wildman–Crippen LogP) is 3.94. The Bertz CT molecular complexity index is 663. The van der Waals surface area contributed by atoms with Gasteiger partial charge in [-0.05, 0) is 13.0 Å². The summed E-state index contributed by atoms with van der Waals surface area (Å²) in [5, 5.41) is 4.61. The number of fused-ring (bicyclic) bond motifs is 3. The quantitative estimate of drug-likeness (QED) is 0.780. The lowest BCUT2D eigenvalue weighted by Gasteiger charge is -2.08. The Morgan fingerprint density at radius 1 is 1.05 bits per heavy atom. The second kappa shape index (κ2) is 4.14. The Morgan fingerprint density at radius 3 is 2.68 bits per heavy atom. The largest absolute Gasteiger partial charge is 0.386 e.